The van der Waals surface area contributed by atoms with Gasteiger partial charge in [0.25, 0.3) is 0 Å². The van der Waals surface area contributed by atoms with E-state index in [9.17, 15) is 4.79 Å². The van der Waals surface area contributed by atoms with E-state index in [-0.39, 0.29) is 5.66 Å². The Hall–Kier alpha value is -1.97. The Bertz CT molecular complexity index is 896. The fraction of sp³-hybridized carbons (Fsp3) is 0.481. The highest BCUT2D eigenvalue weighted by Crippen LogP contribution is 2.40. The number of aliphatic imine (C=N–C) groups is 1. The molecule has 0 atom stereocenters. The van der Waals surface area contributed by atoms with Crippen LogP contribution in [-0.4, -0.2) is 36.2 Å². The lowest BCUT2D eigenvalue weighted by Gasteiger charge is -2.45. The van der Waals surface area contributed by atoms with Crippen molar-refractivity contribution in [2.24, 2.45) is 16.8 Å². The van der Waals surface area contributed by atoms with Crippen LogP contribution in [0.4, 0.5) is 0 Å². The normalized spacial score (nSPS) is 22.2. The van der Waals surface area contributed by atoms with E-state index >= 15 is 0 Å². The second-order valence-corrected chi connectivity index (χ2v) is 9.78. The molecule has 1 aliphatic carbocycles. The summed E-state index contributed by atoms with van der Waals surface area (Å²) in [6, 6.07) is 16.2. The lowest BCUT2D eigenvalue weighted by atomic mass is 9.76. The van der Waals surface area contributed by atoms with Crippen LogP contribution >= 0.6 is 11.6 Å². The second-order valence-electron chi connectivity index (χ2n) is 9.35. The smallest absolute Gasteiger partial charge is 0.168 e. The van der Waals surface area contributed by atoms with Crippen LogP contribution in [0.25, 0.3) is 0 Å². The van der Waals surface area contributed by atoms with Crippen molar-refractivity contribution in [3.63, 3.8) is 0 Å². The maximum atomic E-state index is 12.0. The van der Waals surface area contributed by atoms with E-state index in [1.54, 1.807) is 0 Å². The summed E-state index contributed by atoms with van der Waals surface area (Å²) in [7, 11) is 2.16. The summed E-state index contributed by atoms with van der Waals surface area (Å²) < 4.78 is 0. The standard InChI is InChI=1S/C27H35ClN2O/c1-20(2)23-12-15-27(16-13-23,29-26(19-31)24-6-5-7-25(28)18-24)30(4)17-14-22-10-8-21(3)9-11-22/h5-11,18-20,23H,12-17H2,1-4H3/b29-26+. The van der Waals surface area contributed by atoms with Crippen molar-refractivity contribution in [3.8, 4) is 0 Å². The summed E-state index contributed by atoms with van der Waals surface area (Å²) in [4.78, 5) is 19.6. The molecule has 0 aromatic heterocycles. The third-order valence-electron chi connectivity index (χ3n) is 6.90. The van der Waals surface area contributed by atoms with Gasteiger partial charge >= 0.3 is 0 Å². The highest BCUT2D eigenvalue weighted by molar-refractivity contribution is 6.37. The largest absolute Gasteiger partial charge is 0.296 e. The molecular formula is C27H35ClN2O. The summed E-state index contributed by atoms with van der Waals surface area (Å²) >= 11 is 6.19. The summed E-state index contributed by atoms with van der Waals surface area (Å²) in [5.41, 5.74) is 3.54. The molecule has 0 N–H and O–H groups in total. The SMILES string of the molecule is Cc1ccc(CCN(C)C2(/N=C(\C=O)c3cccc(Cl)c3)CCC(C(C)C)CC2)cc1. The first-order chi connectivity index (χ1) is 14.8. The predicted octanol–water partition coefficient (Wildman–Crippen LogP) is 6.35. The van der Waals surface area contributed by atoms with Crippen molar-refractivity contribution in [2.45, 2.75) is 58.5 Å². The van der Waals surface area contributed by atoms with Gasteiger partial charge in [0.2, 0.25) is 0 Å². The molecule has 4 heteroatoms. The average Bonchev–Trinajstić information content (AvgIpc) is 2.77. The summed E-state index contributed by atoms with van der Waals surface area (Å²) in [5.74, 6) is 1.40. The van der Waals surface area contributed by atoms with E-state index in [0.717, 1.165) is 56.4 Å². The average molecular weight is 439 g/mol. The zero-order chi connectivity index (χ0) is 22.4. The first kappa shape index (κ1) is 23.7. The number of hydrogen-bond donors (Lipinski definition) is 0. The van der Waals surface area contributed by atoms with Crippen molar-refractivity contribution in [3.05, 3.63) is 70.2 Å². The van der Waals surface area contributed by atoms with Gasteiger partial charge in [-0.2, -0.15) is 0 Å². The lowest BCUT2D eigenvalue weighted by Crippen LogP contribution is -2.49. The molecule has 1 aliphatic rings. The molecule has 0 bridgehead atoms. The molecule has 1 saturated carbocycles. The molecular weight excluding hydrogens is 404 g/mol. The van der Waals surface area contributed by atoms with Crippen molar-refractivity contribution < 1.29 is 4.79 Å². The lowest BCUT2D eigenvalue weighted by molar-refractivity contribution is -0.102. The predicted molar refractivity (Wildman–Crippen MR) is 131 cm³/mol. The number of benzene rings is 2. The zero-order valence-corrected chi connectivity index (χ0v) is 20.0. The van der Waals surface area contributed by atoms with E-state index in [1.807, 2.05) is 24.3 Å². The van der Waals surface area contributed by atoms with Gasteiger partial charge in [0.1, 0.15) is 11.4 Å². The minimum atomic E-state index is -0.353. The van der Waals surface area contributed by atoms with Crippen molar-refractivity contribution in [1.29, 1.82) is 0 Å². The van der Waals surface area contributed by atoms with E-state index in [0.29, 0.717) is 16.7 Å². The highest BCUT2D eigenvalue weighted by Gasteiger charge is 2.39. The van der Waals surface area contributed by atoms with E-state index in [1.165, 1.54) is 11.1 Å². The number of carbonyl (C=O) groups is 1. The number of hydrogen-bond acceptors (Lipinski definition) is 3. The Kier molecular flexibility index (Phi) is 8.07. The molecule has 1 fully saturated rings. The van der Waals surface area contributed by atoms with E-state index in [4.69, 9.17) is 16.6 Å². The van der Waals surface area contributed by atoms with Crippen LogP contribution in [-0.2, 0) is 11.2 Å². The summed E-state index contributed by atoms with van der Waals surface area (Å²) in [6.45, 7) is 7.64. The van der Waals surface area contributed by atoms with Crippen LogP contribution in [0.2, 0.25) is 5.02 Å². The number of likely N-dealkylation sites (N-methyl/N-ethyl adjacent to an activating group) is 1. The van der Waals surface area contributed by atoms with Gasteiger partial charge in [0.15, 0.2) is 6.29 Å². The Morgan fingerprint density at radius 2 is 1.87 bits per heavy atom. The number of nitrogens with zero attached hydrogens (tertiary/aromatic N) is 2. The molecule has 0 spiro atoms. The van der Waals surface area contributed by atoms with Gasteiger partial charge < -0.3 is 0 Å². The first-order valence-corrected chi connectivity index (χ1v) is 11.8. The minimum absolute atomic E-state index is 0.353. The van der Waals surface area contributed by atoms with Crippen LogP contribution < -0.4 is 0 Å². The second kappa shape index (κ2) is 10.6. The fourth-order valence-electron chi connectivity index (χ4n) is 4.64. The Labute approximate surface area is 192 Å². The third kappa shape index (κ3) is 6.05. The maximum Gasteiger partial charge on any atom is 0.168 e. The monoisotopic (exact) mass is 438 g/mol. The van der Waals surface area contributed by atoms with Crippen LogP contribution in [0, 0.1) is 18.8 Å². The zero-order valence-electron chi connectivity index (χ0n) is 19.3. The van der Waals surface area contributed by atoms with Gasteiger partial charge in [0.05, 0.1) is 0 Å². The Balaban J connectivity index is 1.87. The van der Waals surface area contributed by atoms with Gasteiger partial charge in [-0.3, -0.25) is 14.7 Å². The van der Waals surface area contributed by atoms with E-state index in [2.05, 4.69) is 57.0 Å². The molecule has 0 heterocycles. The summed E-state index contributed by atoms with van der Waals surface area (Å²) in [6.07, 6.45) is 6.07. The molecule has 3 nitrogen and oxygen atoms in total. The molecule has 0 saturated heterocycles. The van der Waals surface area contributed by atoms with Crippen molar-refractivity contribution >= 4 is 23.6 Å². The molecule has 2 aromatic carbocycles. The third-order valence-corrected chi connectivity index (χ3v) is 7.14. The minimum Gasteiger partial charge on any atom is -0.296 e. The molecule has 31 heavy (non-hydrogen) atoms. The molecule has 0 radical (unpaired) electrons. The van der Waals surface area contributed by atoms with Gasteiger partial charge in [-0.1, -0.05) is 67.4 Å². The molecule has 3 rings (SSSR count). The van der Waals surface area contributed by atoms with Gasteiger partial charge in [-0.15, -0.1) is 0 Å². The first-order valence-electron chi connectivity index (χ1n) is 11.4. The van der Waals surface area contributed by atoms with Gasteiger partial charge in [-0.25, -0.2) is 0 Å². The van der Waals surface area contributed by atoms with Crippen molar-refractivity contribution in [1.82, 2.24) is 4.90 Å². The van der Waals surface area contributed by atoms with Crippen molar-refractivity contribution in [2.75, 3.05) is 13.6 Å². The van der Waals surface area contributed by atoms with Crippen LogP contribution in [0.5, 0.6) is 0 Å². The number of aldehydes is 1. The Morgan fingerprint density at radius 1 is 1.19 bits per heavy atom. The molecule has 0 amide bonds. The number of aryl methyl sites for hydroxylation is 1. The molecule has 0 aliphatic heterocycles. The number of rotatable bonds is 8. The molecule has 166 valence electrons. The quantitative estimate of drug-likeness (QED) is 0.355. The topological polar surface area (TPSA) is 32.7 Å². The van der Waals surface area contributed by atoms with Crippen LogP contribution in [0.15, 0.2) is 53.5 Å². The number of carbonyl (C=O) groups excluding carboxylic acids is 1. The number of halogens is 1. The van der Waals surface area contributed by atoms with Crippen LogP contribution in [0.3, 0.4) is 0 Å². The fourth-order valence-corrected chi connectivity index (χ4v) is 4.83. The van der Waals surface area contributed by atoms with Gasteiger partial charge in [-0.05, 0) is 75.6 Å². The molecule has 2 aromatic rings. The van der Waals surface area contributed by atoms with E-state index < -0.39 is 0 Å². The Morgan fingerprint density at radius 3 is 2.45 bits per heavy atom. The molecule has 0 unspecified atom stereocenters. The van der Waals surface area contributed by atoms with Gasteiger partial charge in [0, 0.05) is 17.1 Å². The highest BCUT2D eigenvalue weighted by atomic mass is 35.5. The maximum absolute atomic E-state index is 12.0. The van der Waals surface area contributed by atoms with Crippen LogP contribution in [0.1, 0.15) is 56.2 Å². The summed E-state index contributed by atoms with van der Waals surface area (Å²) in [5, 5.41) is 0.623.